The summed E-state index contributed by atoms with van der Waals surface area (Å²) in [6.07, 6.45) is 1.22. The van der Waals surface area contributed by atoms with Gasteiger partial charge >= 0.3 is 8.69 Å². The summed E-state index contributed by atoms with van der Waals surface area (Å²) in [5, 5.41) is 0. The fourth-order valence-electron chi connectivity index (χ4n) is 0.453. The van der Waals surface area contributed by atoms with Crippen LogP contribution in [0.15, 0.2) is 0 Å². The number of nitrogens with one attached hydrogen (secondary N) is 3. The fraction of sp³-hybridized carbons (Fsp3) is 1.00. The van der Waals surface area contributed by atoms with Gasteiger partial charge in [0.05, 0.1) is 0 Å². The van der Waals surface area contributed by atoms with E-state index in [1.807, 2.05) is 0 Å². The summed E-state index contributed by atoms with van der Waals surface area (Å²) >= 11 is 0. The van der Waals surface area contributed by atoms with Crippen LogP contribution in [0.4, 0.5) is 0 Å². The van der Waals surface area contributed by atoms with E-state index in [0.29, 0.717) is 0 Å². The monoisotopic (exact) mass is 152 g/mol. The zero-order chi connectivity index (χ0) is 6.95. The third-order valence-corrected chi connectivity index (χ3v) is 0.780. The van der Waals surface area contributed by atoms with E-state index in [1.54, 1.807) is 0 Å². The minimum absolute atomic E-state index is 1.08. The molecule has 6 heteroatoms. The van der Waals surface area contributed by atoms with Gasteiger partial charge in [0.25, 0.3) is 0 Å². The third-order valence-electron chi connectivity index (χ3n) is 0.780. The van der Waals surface area contributed by atoms with Crippen LogP contribution in [0.5, 0.6) is 0 Å². The van der Waals surface area contributed by atoms with Crippen LogP contribution >= 0.6 is 8.69 Å². The first-order valence-electron chi connectivity index (χ1n) is 2.63. The van der Waals surface area contributed by atoms with Crippen molar-refractivity contribution in [3.05, 3.63) is 0 Å². The largest absolute Gasteiger partial charge is 0.491 e. The molecular weight excluding hydrogens is 141 g/mol. The van der Waals surface area contributed by atoms with Crippen molar-refractivity contribution in [1.29, 1.82) is 0 Å². The molecule has 1 saturated heterocycles. The van der Waals surface area contributed by atoms with Gasteiger partial charge < -0.3 is 0 Å². The van der Waals surface area contributed by atoms with Gasteiger partial charge in [-0.1, -0.05) is 0 Å². The molecule has 0 amide bonds. The zero-order valence-corrected chi connectivity index (χ0v) is 5.98. The number of hydrazine groups is 2. The standard InChI is InChI=1S/C3H9N3.HO2P/c1-2-4-6-5-3-1;1-3-2/h4-6H,1-3H2;3H/p+1. The van der Waals surface area contributed by atoms with Crippen molar-refractivity contribution < 1.29 is 9.46 Å². The Balaban J connectivity index is 0.000000187. The summed E-state index contributed by atoms with van der Waals surface area (Å²) in [5.41, 5.74) is 8.63. The highest BCUT2D eigenvalue weighted by Gasteiger charge is 1.90. The number of hydrogen-bond acceptors (Lipinski definition) is 4. The van der Waals surface area contributed by atoms with Crippen LogP contribution in [0.25, 0.3) is 0 Å². The molecule has 0 aromatic rings. The van der Waals surface area contributed by atoms with Gasteiger partial charge in [0.2, 0.25) is 0 Å². The van der Waals surface area contributed by atoms with Crippen LogP contribution in [-0.2, 0) is 4.57 Å². The Morgan fingerprint density at radius 2 is 1.78 bits per heavy atom. The fourth-order valence-corrected chi connectivity index (χ4v) is 0.453. The van der Waals surface area contributed by atoms with Crippen molar-refractivity contribution in [3.63, 3.8) is 0 Å². The Morgan fingerprint density at radius 1 is 1.33 bits per heavy atom. The summed E-state index contributed by atoms with van der Waals surface area (Å²) in [6, 6.07) is 0. The van der Waals surface area contributed by atoms with Gasteiger partial charge in [-0.2, -0.15) is 10.4 Å². The van der Waals surface area contributed by atoms with Crippen molar-refractivity contribution in [3.8, 4) is 0 Å². The molecule has 0 aromatic carbocycles. The predicted octanol–water partition coefficient (Wildman–Crippen LogP) is -1.09. The van der Waals surface area contributed by atoms with E-state index in [1.165, 1.54) is 6.42 Å². The predicted molar refractivity (Wildman–Crippen MR) is 35.0 cm³/mol. The highest BCUT2D eigenvalue weighted by Crippen LogP contribution is 1.71. The molecule has 0 radical (unpaired) electrons. The van der Waals surface area contributed by atoms with Crippen molar-refractivity contribution >= 4 is 8.69 Å². The van der Waals surface area contributed by atoms with Crippen LogP contribution in [0.1, 0.15) is 6.42 Å². The summed E-state index contributed by atoms with van der Waals surface area (Å²) in [7, 11) is -1.17. The first-order valence-corrected chi connectivity index (χ1v) is 3.49. The first-order chi connectivity index (χ1) is 4.41. The van der Waals surface area contributed by atoms with Crippen molar-refractivity contribution in [1.82, 2.24) is 16.4 Å². The Morgan fingerprint density at radius 3 is 1.89 bits per heavy atom. The summed E-state index contributed by atoms with van der Waals surface area (Å²) in [4.78, 5) is 7.04. The Bertz CT molecular complexity index is 56.6. The molecule has 1 aliphatic heterocycles. The third kappa shape index (κ3) is 7.94. The molecule has 1 rings (SSSR count). The zero-order valence-electron chi connectivity index (χ0n) is 4.98. The Labute approximate surface area is 55.1 Å². The van der Waals surface area contributed by atoms with E-state index in [2.05, 4.69) is 16.4 Å². The maximum absolute atomic E-state index is 8.51. The van der Waals surface area contributed by atoms with E-state index in [9.17, 15) is 0 Å². The molecular formula is C3H11N3O2P+. The van der Waals surface area contributed by atoms with Gasteiger partial charge in [0.1, 0.15) is 0 Å². The van der Waals surface area contributed by atoms with Crippen LogP contribution in [0, 0.1) is 0 Å². The molecule has 1 aliphatic rings. The Kier molecular flexibility index (Phi) is 7.89. The molecule has 1 fully saturated rings. The van der Waals surface area contributed by atoms with E-state index in [4.69, 9.17) is 9.46 Å². The molecule has 4 N–H and O–H groups in total. The van der Waals surface area contributed by atoms with Gasteiger partial charge in [-0.15, -0.1) is 0 Å². The topological polar surface area (TPSA) is 73.4 Å². The quantitative estimate of drug-likeness (QED) is 0.332. The molecule has 0 aromatic heterocycles. The molecule has 1 atom stereocenters. The van der Waals surface area contributed by atoms with E-state index in [0.717, 1.165) is 13.1 Å². The molecule has 0 bridgehead atoms. The van der Waals surface area contributed by atoms with Crippen LogP contribution < -0.4 is 16.4 Å². The average molecular weight is 152 g/mol. The van der Waals surface area contributed by atoms with Crippen LogP contribution in [0.3, 0.4) is 0 Å². The summed E-state index contributed by atoms with van der Waals surface area (Å²) < 4.78 is 8.51. The first kappa shape index (κ1) is 8.94. The van der Waals surface area contributed by atoms with Gasteiger partial charge in [-0.05, 0) is 11.0 Å². The van der Waals surface area contributed by atoms with Gasteiger partial charge in [0, 0.05) is 13.1 Å². The van der Waals surface area contributed by atoms with Crippen LogP contribution in [-0.4, -0.2) is 18.0 Å². The second-order valence-corrected chi connectivity index (χ2v) is 1.61. The lowest BCUT2D eigenvalue weighted by Gasteiger charge is -2.12. The highest BCUT2D eigenvalue weighted by molar-refractivity contribution is 7.16. The highest BCUT2D eigenvalue weighted by atomic mass is 31.1. The molecule has 0 aliphatic carbocycles. The molecule has 54 valence electrons. The van der Waals surface area contributed by atoms with Crippen molar-refractivity contribution in [2.75, 3.05) is 13.1 Å². The lowest BCUT2D eigenvalue weighted by molar-refractivity contribution is 0.372. The van der Waals surface area contributed by atoms with E-state index in [-0.39, 0.29) is 0 Å². The minimum atomic E-state index is -1.17. The van der Waals surface area contributed by atoms with Crippen molar-refractivity contribution in [2.45, 2.75) is 6.42 Å². The average Bonchev–Trinajstić information content (AvgIpc) is 1.93. The lowest BCUT2D eigenvalue weighted by atomic mass is 10.4. The second kappa shape index (κ2) is 7.94. The van der Waals surface area contributed by atoms with Gasteiger partial charge in [0.15, 0.2) is 0 Å². The van der Waals surface area contributed by atoms with E-state index >= 15 is 0 Å². The normalized spacial score (nSPS) is 18.3. The smallest absolute Gasteiger partial charge is 0.244 e. The molecule has 0 spiro atoms. The molecule has 5 nitrogen and oxygen atoms in total. The Hall–Kier alpha value is -0.0600. The summed E-state index contributed by atoms with van der Waals surface area (Å²) in [5.74, 6) is 0. The SMILES string of the molecule is C1CNNNC1.O=[PH+]O. The van der Waals surface area contributed by atoms with Gasteiger partial charge in [-0.3, -0.25) is 0 Å². The van der Waals surface area contributed by atoms with E-state index < -0.39 is 8.69 Å². The second-order valence-electron chi connectivity index (χ2n) is 1.42. The molecule has 1 unspecified atom stereocenters. The molecule has 1 heterocycles. The van der Waals surface area contributed by atoms with Gasteiger partial charge in [-0.25, -0.2) is 10.9 Å². The maximum atomic E-state index is 8.51. The lowest BCUT2D eigenvalue weighted by Crippen LogP contribution is -2.49. The molecule has 9 heavy (non-hydrogen) atoms. The number of rotatable bonds is 0. The maximum Gasteiger partial charge on any atom is 0.491 e. The van der Waals surface area contributed by atoms with Crippen molar-refractivity contribution in [2.24, 2.45) is 0 Å². The molecule has 0 saturated carbocycles. The number of hydrogen-bond donors (Lipinski definition) is 4. The summed E-state index contributed by atoms with van der Waals surface area (Å²) in [6.45, 7) is 2.15. The minimum Gasteiger partial charge on any atom is -0.244 e. The van der Waals surface area contributed by atoms with Crippen LogP contribution in [0.2, 0.25) is 0 Å².